The standard InChI is InChI=1S/C22H18FN3O2/c1-3-28-21(27)19-14(2)24-22(25-20(19)16-8-10-17(23)11-9-16)26-13-12-15-6-4-5-7-18(15)26/h4-13H,3H2,1-2H3. The number of aromatic nitrogens is 3. The molecule has 2 heterocycles. The summed E-state index contributed by atoms with van der Waals surface area (Å²) >= 11 is 0. The summed E-state index contributed by atoms with van der Waals surface area (Å²) in [5, 5.41) is 1.06. The zero-order chi connectivity index (χ0) is 19.7. The smallest absolute Gasteiger partial charge is 0.342 e. The van der Waals surface area contributed by atoms with Crippen molar-refractivity contribution < 1.29 is 13.9 Å². The van der Waals surface area contributed by atoms with Crippen LogP contribution in [0.15, 0.2) is 60.8 Å². The van der Waals surface area contributed by atoms with Gasteiger partial charge in [0.2, 0.25) is 5.95 Å². The number of carbonyl (C=O) groups excluding carboxylic acids is 1. The number of halogens is 1. The van der Waals surface area contributed by atoms with Crippen molar-refractivity contribution in [3.63, 3.8) is 0 Å². The minimum Gasteiger partial charge on any atom is -0.462 e. The van der Waals surface area contributed by atoms with Crippen molar-refractivity contribution in [1.82, 2.24) is 14.5 Å². The normalized spacial score (nSPS) is 11.0. The number of carbonyl (C=O) groups is 1. The first kappa shape index (κ1) is 17.9. The van der Waals surface area contributed by atoms with Crippen molar-refractivity contribution in [1.29, 1.82) is 0 Å². The van der Waals surface area contributed by atoms with Crippen LogP contribution < -0.4 is 0 Å². The van der Waals surface area contributed by atoms with Crippen LogP contribution in [-0.4, -0.2) is 27.1 Å². The highest BCUT2D eigenvalue weighted by Gasteiger charge is 2.22. The molecule has 2 aromatic heterocycles. The molecular formula is C22H18FN3O2. The topological polar surface area (TPSA) is 57.0 Å². The molecule has 0 unspecified atom stereocenters. The number of nitrogens with zero attached hydrogens (tertiary/aromatic N) is 3. The van der Waals surface area contributed by atoms with Crippen molar-refractivity contribution in [2.75, 3.05) is 6.61 Å². The molecule has 0 bridgehead atoms. The monoisotopic (exact) mass is 375 g/mol. The Morgan fingerprint density at radius 1 is 1.07 bits per heavy atom. The fourth-order valence-electron chi connectivity index (χ4n) is 3.19. The molecule has 0 aliphatic rings. The van der Waals surface area contributed by atoms with E-state index in [9.17, 15) is 9.18 Å². The fraction of sp³-hybridized carbons (Fsp3) is 0.136. The Hall–Kier alpha value is -3.54. The molecule has 0 saturated carbocycles. The van der Waals surface area contributed by atoms with Crippen molar-refractivity contribution >= 4 is 16.9 Å². The first-order chi connectivity index (χ1) is 13.6. The van der Waals surface area contributed by atoms with E-state index in [-0.39, 0.29) is 18.0 Å². The lowest BCUT2D eigenvalue weighted by atomic mass is 10.0. The summed E-state index contributed by atoms with van der Waals surface area (Å²) in [4.78, 5) is 21.8. The third-order valence-corrected chi connectivity index (χ3v) is 4.49. The van der Waals surface area contributed by atoms with Gasteiger partial charge in [-0.05, 0) is 50.2 Å². The summed E-state index contributed by atoms with van der Waals surface area (Å²) in [6.07, 6.45) is 1.89. The minimum atomic E-state index is -0.497. The van der Waals surface area contributed by atoms with Crippen LogP contribution in [0.25, 0.3) is 28.1 Å². The molecule has 4 rings (SSSR count). The van der Waals surface area contributed by atoms with Gasteiger partial charge in [-0.1, -0.05) is 18.2 Å². The molecule has 0 atom stereocenters. The maximum absolute atomic E-state index is 13.4. The first-order valence-corrected chi connectivity index (χ1v) is 8.96. The average Bonchev–Trinajstić information content (AvgIpc) is 3.12. The summed E-state index contributed by atoms with van der Waals surface area (Å²) in [5.74, 6) is -0.418. The number of esters is 1. The van der Waals surface area contributed by atoms with Gasteiger partial charge in [0.05, 0.1) is 23.5 Å². The van der Waals surface area contributed by atoms with Gasteiger partial charge in [0.1, 0.15) is 11.4 Å². The van der Waals surface area contributed by atoms with Crippen molar-refractivity contribution in [2.24, 2.45) is 0 Å². The van der Waals surface area contributed by atoms with E-state index in [1.54, 1.807) is 26.0 Å². The van der Waals surface area contributed by atoms with Crippen LogP contribution in [0.3, 0.4) is 0 Å². The number of para-hydroxylation sites is 1. The predicted octanol–water partition coefficient (Wildman–Crippen LogP) is 4.71. The third-order valence-electron chi connectivity index (χ3n) is 4.49. The molecule has 140 valence electrons. The number of aryl methyl sites for hydroxylation is 1. The van der Waals surface area contributed by atoms with Crippen molar-refractivity contribution in [2.45, 2.75) is 13.8 Å². The molecule has 28 heavy (non-hydrogen) atoms. The van der Waals surface area contributed by atoms with Gasteiger partial charge in [-0.25, -0.2) is 19.2 Å². The Bertz CT molecular complexity index is 1170. The second-order valence-electron chi connectivity index (χ2n) is 6.30. The van der Waals surface area contributed by atoms with E-state index in [4.69, 9.17) is 4.74 Å². The number of fused-ring (bicyclic) bond motifs is 1. The zero-order valence-corrected chi connectivity index (χ0v) is 15.5. The number of ether oxygens (including phenoxy) is 1. The molecule has 0 aliphatic heterocycles. The van der Waals surface area contributed by atoms with Crippen LogP contribution in [0.4, 0.5) is 4.39 Å². The van der Waals surface area contributed by atoms with Crippen LogP contribution >= 0.6 is 0 Å². The Labute approximate surface area is 161 Å². The van der Waals surface area contributed by atoms with Gasteiger partial charge in [-0.2, -0.15) is 0 Å². The van der Waals surface area contributed by atoms with Crippen LogP contribution in [0.5, 0.6) is 0 Å². The first-order valence-electron chi connectivity index (χ1n) is 8.96. The summed E-state index contributed by atoms with van der Waals surface area (Å²) in [7, 11) is 0. The molecule has 0 spiro atoms. The summed E-state index contributed by atoms with van der Waals surface area (Å²) in [6.45, 7) is 3.73. The molecule has 2 aromatic carbocycles. The Balaban J connectivity index is 1.95. The SMILES string of the molecule is CCOC(=O)c1c(C)nc(-n2ccc3ccccc32)nc1-c1ccc(F)cc1. The van der Waals surface area contributed by atoms with Gasteiger partial charge in [0, 0.05) is 17.1 Å². The average molecular weight is 375 g/mol. The second kappa shape index (κ2) is 7.23. The van der Waals surface area contributed by atoms with E-state index in [1.165, 1.54) is 12.1 Å². The maximum atomic E-state index is 13.4. The number of hydrogen-bond acceptors (Lipinski definition) is 4. The van der Waals surface area contributed by atoms with E-state index in [0.717, 1.165) is 10.9 Å². The van der Waals surface area contributed by atoms with Crippen LogP contribution in [0.2, 0.25) is 0 Å². The lowest BCUT2D eigenvalue weighted by Crippen LogP contribution is -2.14. The summed E-state index contributed by atoms with van der Waals surface area (Å²) in [6, 6.07) is 15.7. The Morgan fingerprint density at radius 2 is 1.82 bits per heavy atom. The molecule has 0 aliphatic carbocycles. The van der Waals surface area contributed by atoms with Gasteiger partial charge in [-0.15, -0.1) is 0 Å². The van der Waals surface area contributed by atoms with E-state index in [1.807, 2.05) is 41.1 Å². The highest BCUT2D eigenvalue weighted by Crippen LogP contribution is 2.27. The molecule has 0 radical (unpaired) electrons. The van der Waals surface area contributed by atoms with E-state index < -0.39 is 5.97 Å². The molecule has 0 fully saturated rings. The largest absolute Gasteiger partial charge is 0.462 e. The quantitative estimate of drug-likeness (QED) is 0.485. The minimum absolute atomic E-state index is 0.241. The van der Waals surface area contributed by atoms with Gasteiger partial charge in [0.25, 0.3) is 0 Å². The fourth-order valence-corrected chi connectivity index (χ4v) is 3.19. The number of rotatable bonds is 4. The molecule has 6 heteroatoms. The van der Waals surface area contributed by atoms with E-state index in [0.29, 0.717) is 22.9 Å². The maximum Gasteiger partial charge on any atom is 0.342 e. The predicted molar refractivity (Wildman–Crippen MR) is 105 cm³/mol. The molecule has 0 amide bonds. The molecular weight excluding hydrogens is 357 g/mol. The van der Waals surface area contributed by atoms with Gasteiger partial charge < -0.3 is 4.74 Å². The Morgan fingerprint density at radius 3 is 2.57 bits per heavy atom. The molecule has 0 saturated heterocycles. The molecule has 0 N–H and O–H groups in total. The van der Waals surface area contributed by atoms with Crippen LogP contribution in [0.1, 0.15) is 23.0 Å². The van der Waals surface area contributed by atoms with Crippen molar-refractivity contribution in [3.8, 4) is 17.2 Å². The second-order valence-corrected chi connectivity index (χ2v) is 6.30. The van der Waals surface area contributed by atoms with Crippen LogP contribution in [0, 0.1) is 12.7 Å². The highest BCUT2D eigenvalue weighted by atomic mass is 19.1. The Kier molecular flexibility index (Phi) is 4.61. The molecule has 4 aromatic rings. The van der Waals surface area contributed by atoms with E-state index in [2.05, 4.69) is 9.97 Å². The molecule has 5 nitrogen and oxygen atoms in total. The zero-order valence-electron chi connectivity index (χ0n) is 15.5. The lowest BCUT2D eigenvalue weighted by molar-refractivity contribution is 0.0525. The van der Waals surface area contributed by atoms with Gasteiger partial charge in [-0.3, -0.25) is 4.57 Å². The highest BCUT2D eigenvalue weighted by molar-refractivity contribution is 5.97. The lowest BCUT2D eigenvalue weighted by Gasteiger charge is -2.14. The van der Waals surface area contributed by atoms with Crippen LogP contribution in [-0.2, 0) is 4.74 Å². The summed E-state index contributed by atoms with van der Waals surface area (Å²) < 4.78 is 20.5. The third kappa shape index (κ3) is 3.13. The van der Waals surface area contributed by atoms with Crippen molar-refractivity contribution in [3.05, 3.63) is 77.9 Å². The van der Waals surface area contributed by atoms with Gasteiger partial charge in [0.15, 0.2) is 0 Å². The number of hydrogen-bond donors (Lipinski definition) is 0. The number of benzene rings is 2. The van der Waals surface area contributed by atoms with E-state index >= 15 is 0 Å². The summed E-state index contributed by atoms with van der Waals surface area (Å²) in [5.41, 5.74) is 2.77. The van der Waals surface area contributed by atoms with Gasteiger partial charge >= 0.3 is 5.97 Å².